The Kier molecular flexibility index (Phi) is 4.84. The molecule has 0 spiro atoms. The molecule has 0 aliphatic carbocycles. The van der Waals surface area contributed by atoms with Crippen LogP contribution in [0.1, 0.15) is 12.5 Å². The minimum absolute atomic E-state index is 0.0331. The standard InChI is InChI=1S/C12H17NO2/c1-10(9-15-2)13-12(14)8-11-6-4-3-5-7-11/h3-7,10H,8-9H2,1-2H3,(H,13,14)/t10-/m1/s1. The molecule has 0 fully saturated rings. The van der Waals surface area contributed by atoms with Crippen molar-refractivity contribution in [1.82, 2.24) is 5.32 Å². The van der Waals surface area contributed by atoms with Crippen LogP contribution in [0.4, 0.5) is 0 Å². The maximum Gasteiger partial charge on any atom is 0.224 e. The highest BCUT2D eigenvalue weighted by Gasteiger charge is 2.06. The summed E-state index contributed by atoms with van der Waals surface area (Å²) in [6.07, 6.45) is 0.425. The van der Waals surface area contributed by atoms with E-state index in [9.17, 15) is 4.79 Å². The van der Waals surface area contributed by atoms with E-state index in [1.165, 1.54) is 0 Å². The van der Waals surface area contributed by atoms with E-state index in [0.717, 1.165) is 5.56 Å². The molecule has 0 saturated heterocycles. The van der Waals surface area contributed by atoms with E-state index >= 15 is 0 Å². The predicted octanol–water partition coefficient (Wildman–Crippen LogP) is 1.38. The molecule has 82 valence electrons. The Hall–Kier alpha value is -1.35. The number of ether oxygens (including phenoxy) is 1. The van der Waals surface area contributed by atoms with Crippen LogP contribution in [0.15, 0.2) is 30.3 Å². The van der Waals surface area contributed by atoms with Crippen molar-refractivity contribution in [2.45, 2.75) is 19.4 Å². The molecule has 0 aliphatic heterocycles. The minimum Gasteiger partial charge on any atom is -0.383 e. The van der Waals surface area contributed by atoms with Gasteiger partial charge in [-0.2, -0.15) is 0 Å². The first kappa shape index (κ1) is 11.7. The number of carbonyl (C=O) groups is 1. The number of amides is 1. The fraction of sp³-hybridized carbons (Fsp3) is 0.417. The Morgan fingerprint density at radius 3 is 2.67 bits per heavy atom. The highest BCUT2D eigenvalue weighted by Crippen LogP contribution is 1.99. The first-order valence-corrected chi connectivity index (χ1v) is 5.04. The zero-order chi connectivity index (χ0) is 11.1. The van der Waals surface area contributed by atoms with Gasteiger partial charge in [-0.15, -0.1) is 0 Å². The average Bonchev–Trinajstić information content (AvgIpc) is 2.19. The molecule has 0 saturated carbocycles. The van der Waals surface area contributed by atoms with Crippen LogP contribution in [0.25, 0.3) is 0 Å². The number of hydrogen-bond donors (Lipinski definition) is 1. The molecule has 0 aliphatic rings. The van der Waals surface area contributed by atoms with Crippen molar-refractivity contribution in [3.63, 3.8) is 0 Å². The third kappa shape index (κ3) is 4.61. The third-order valence-electron chi connectivity index (χ3n) is 2.03. The molecule has 0 unspecified atom stereocenters. The van der Waals surface area contributed by atoms with Gasteiger partial charge >= 0.3 is 0 Å². The summed E-state index contributed by atoms with van der Waals surface area (Å²) in [5, 5.41) is 2.87. The second-order valence-corrected chi connectivity index (χ2v) is 3.59. The molecule has 0 bridgehead atoms. The van der Waals surface area contributed by atoms with Gasteiger partial charge in [-0.25, -0.2) is 0 Å². The predicted molar refractivity (Wildman–Crippen MR) is 59.6 cm³/mol. The number of nitrogens with one attached hydrogen (secondary N) is 1. The lowest BCUT2D eigenvalue weighted by atomic mass is 10.1. The smallest absolute Gasteiger partial charge is 0.224 e. The van der Waals surface area contributed by atoms with Crippen molar-refractivity contribution in [3.05, 3.63) is 35.9 Å². The van der Waals surface area contributed by atoms with E-state index in [0.29, 0.717) is 13.0 Å². The van der Waals surface area contributed by atoms with Gasteiger partial charge in [0.1, 0.15) is 0 Å². The molecule has 0 heterocycles. The van der Waals surface area contributed by atoms with Crippen LogP contribution >= 0.6 is 0 Å². The van der Waals surface area contributed by atoms with Crippen LogP contribution in [-0.4, -0.2) is 25.7 Å². The summed E-state index contributed by atoms with van der Waals surface area (Å²) in [4.78, 5) is 11.5. The van der Waals surface area contributed by atoms with Crippen molar-refractivity contribution < 1.29 is 9.53 Å². The highest BCUT2D eigenvalue weighted by atomic mass is 16.5. The molecule has 3 heteroatoms. The molecular weight excluding hydrogens is 190 g/mol. The fourth-order valence-electron chi connectivity index (χ4n) is 1.40. The van der Waals surface area contributed by atoms with Crippen LogP contribution in [0, 0.1) is 0 Å². The van der Waals surface area contributed by atoms with Gasteiger partial charge in [0.15, 0.2) is 0 Å². The molecular formula is C12H17NO2. The summed E-state index contributed by atoms with van der Waals surface area (Å²) < 4.78 is 4.94. The second-order valence-electron chi connectivity index (χ2n) is 3.59. The molecule has 3 nitrogen and oxygen atoms in total. The molecule has 0 radical (unpaired) electrons. The maximum absolute atomic E-state index is 11.5. The molecule has 1 N–H and O–H groups in total. The van der Waals surface area contributed by atoms with E-state index in [1.807, 2.05) is 37.3 Å². The van der Waals surface area contributed by atoms with Gasteiger partial charge in [-0.1, -0.05) is 30.3 Å². The molecule has 15 heavy (non-hydrogen) atoms. The van der Waals surface area contributed by atoms with Crippen LogP contribution in [-0.2, 0) is 16.0 Å². The summed E-state index contributed by atoms with van der Waals surface area (Å²) in [6.45, 7) is 2.47. The number of rotatable bonds is 5. The summed E-state index contributed by atoms with van der Waals surface area (Å²) in [6, 6.07) is 9.75. The van der Waals surface area contributed by atoms with Gasteiger partial charge in [0.2, 0.25) is 5.91 Å². The normalized spacial score (nSPS) is 12.1. The van der Waals surface area contributed by atoms with Crippen LogP contribution in [0.3, 0.4) is 0 Å². The van der Waals surface area contributed by atoms with Crippen molar-refractivity contribution in [1.29, 1.82) is 0 Å². The number of carbonyl (C=O) groups excluding carboxylic acids is 1. The van der Waals surface area contributed by atoms with Crippen molar-refractivity contribution >= 4 is 5.91 Å². The van der Waals surface area contributed by atoms with Gasteiger partial charge in [-0.05, 0) is 12.5 Å². The zero-order valence-corrected chi connectivity index (χ0v) is 9.19. The van der Waals surface area contributed by atoms with E-state index in [-0.39, 0.29) is 11.9 Å². The zero-order valence-electron chi connectivity index (χ0n) is 9.19. The van der Waals surface area contributed by atoms with Gasteiger partial charge in [0, 0.05) is 13.2 Å². The highest BCUT2D eigenvalue weighted by molar-refractivity contribution is 5.78. The number of methoxy groups -OCH3 is 1. The van der Waals surface area contributed by atoms with E-state index < -0.39 is 0 Å². The molecule has 1 aromatic rings. The van der Waals surface area contributed by atoms with Crippen molar-refractivity contribution in [2.75, 3.05) is 13.7 Å². The van der Waals surface area contributed by atoms with Crippen LogP contribution in [0.5, 0.6) is 0 Å². The summed E-state index contributed by atoms with van der Waals surface area (Å²) >= 11 is 0. The van der Waals surface area contributed by atoms with E-state index in [2.05, 4.69) is 5.32 Å². The quantitative estimate of drug-likeness (QED) is 0.792. The molecule has 0 aromatic heterocycles. The van der Waals surface area contributed by atoms with Crippen LogP contribution in [0.2, 0.25) is 0 Å². The maximum atomic E-state index is 11.5. The number of benzene rings is 1. The Bertz CT molecular complexity index is 298. The molecule has 1 rings (SSSR count). The summed E-state index contributed by atoms with van der Waals surface area (Å²) in [5.41, 5.74) is 1.03. The molecule has 1 atom stereocenters. The van der Waals surface area contributed by atoms with Crippen molar-refractivity contribution in [2.24, 2.45) is 0 Å². The lowest BCUT2D eigenvalue weighted by Crippen LogP contribution is -2.36. The Labute approximate surface area is 90.4 Å². The lowest BCUT2D eigenvalue weighted by Gasteiger charge is -2.12. The Morgan fingerprint density at radius 2 is 2.07 bits per heavy atom. The second kappa shape index (κ2) is 6.19. The molecule has 1 aromatic carbocycles. The summed E-state index contributed by atoms with van der Waals surface area (Å²) in [5.74, 6) is 0.0331. The lowest BCUT2D eigenvalue weighted by molar-refractivity contribution is -0.121. The summed E-state index contributed by atoms with van der Waals surface area (Å²) in [7, 11) is 1.62. The fourth-order valence-corrected chi connectivity index (χ4v) is 1.40. The van der Waals surface area contributed by atoms with E-state index in [1.54, 1.807) is 7.11 Å². The minimum atomic E-state index is 0.0331. The van der Waals surface area contributed by atoms with Crippen LogP contribution < -0.4 is 5.32 Å². The topological polar surface area (TPSA) is 38.3 Å². The molecule has 1 amide bonds. The van der Waals surface area contributed by atoms with Gasteiger partial charge in [0.25, 0.3) is 0 Å². The first-order valence-electron chi connectivity index (χ1n) is 5.04. The van der Waals surface area contributed by atoms with Crippen molar-refractivity contribution in [3.8, 4) is 0 Å². The monoisotopic (exact) mass is 207 g/mol. The third-order valence-corrected chi connectivity index (χ3v) is 2.03. The Balaban J connectivity index is 2.36. The van der Waals surface area contributed by atoms with Gasteiger partial charge in [-0.3, -0.25) is 4.79 Å². The number of hydrogen-bond acceptors (Lipinski definition) is 2. The first-order chi connectivity index (χ1) is 7.22. The van der Waals surface area contributed by atoms with Gasteiger partial charge < -0.3 is 10.1 Å². The average molecular weight is 207 g/mol. The van der Waals surface area contributed by atoms with Gasteiger partial charge in [0.05, 0.1) is 13.0 Å². The SMILES string of the molecule is COC[C@@H](C)NC(=O)Cc1ccccc1. The largest absolute Gasteiger partial charge is 0.383 e. The van der Waals surface area contributed by atoms with E-state index in [4.69, 9.17) is 4.74 Å². The Morgan fingerprint density at radius 1 is 1.40 bits per heavy atom.